The van der Waals surface area contributed by atoms with Gasteiger partial charge in [-0.2, -0.15) is 0 Å². The van der Waals surface area contributed by atoms with E-state index in [0.29, 0.717) is 22.6 Å². The van der Waals surface area contributed by atoms with E-state index in [1.807, 2.05) is 0 Å². The lowest BCUT2D eigenvalue weighted by Crippen LogP contribution is -2.60. The number of hydrogen-bond donors (Lipinski definition) is 4. The van der Waals surface area contributed by atoms with Gasteiger partial charge in [0.25, 0.3) is 0 Å². The van der Waals surface area contributed by atoms with Crippen LogP contribution in [0, 0.1) is 0 Å². The molecule has 0 bridgehead atoms. The van der Waals surface area contributed by atoms with Crippen molar-refractivity contribution < 1.29 is 47.8 Å². The molecule has 4 N–H and O–H groups in total. The van der Waals surface area contributed by atoms with Gasteiger partial charge in [-0.3, -0.25) is 0 Å². The molecule has 0 unspecified atom stereocenters. The largest absolute Gasteiger partial charge is 0.573 e. The molecule has 1 aromatic carbocycles. The first-order chi connectivity index (χ1) is 13.7. The van der Waals surface area contributed by atoms with Crippen LogP contribution in [-0.4, -0.2) is 64.1 Å². The quantitative estimate of drug-likeness (QED) is 0.540. The SMILES string of the molecule is OC[C@H]1O[C@@H](Oc2ccsc2[14CH2]c2ccc(OC(F)(F)F)cc2)[C@H](O)[C@@H](O)[C@@H]1O. The minimum absolute atomic E-state index is 0.328. The molecule has 0 radical (unpaired) electrons. The average molecular weight is 438 g/mol. The van der Waals surface area contributed by atoms with E-state index in [2.05, 4.69) is 4.74 Å². The number of thiophene rings is 1. The monoisotopic (exact) mass is 438 g/mol. The summed E-state index contributed by atoms with van der Waals surface area (Å²) in [5.74, 6) is 0.0140. The lowest BCUT2D eigenvalue weighted by Gasteiger charge is -2.39. The Balaban J connectivity index is 1.68. The van der Waals surface area contributed by atoms with E-state index >= 15 is 0 Å². The summed E-state index contributed by atoms with van der Waals surface area (Å²) in [4.78, 5) is 0.700. The van der Waals surface area contributed by atoms with Crippen LogP contribution >= 0.6 is 11.3 Å². The van der Waals surface area contributed by atoms with Crippen LogP contribution in [-0.2, 0) is 11.2 Å². The Bertz CT molecular complexity index is 793. The molecule has 11 heteroatoms. The molecule has 0 spiro atoms. The van der Waals surface area contributed by atoms with Gasteiger partial charge >= 0.3 is 6.36 Å². The van der Waals surface area contributed by atoms with Gasteiger partial charge in [-0.05, 0) is 29.1 Å². The van der Waals surface area contributed by atoms with Crippen molar-refractivity contribution in [2.45, 2.75) is 43.5 Å². The Morgan fingerprint density at radius 2 is 1.72 bits per heavy atom. The second-order valence-electron chi connectivity index (χ2n) is 6.39. The second kappa shape index (κ2) is 8.86. The molecular formula is C18H19F3O7S. The smallest absolute Gasteiger partial charge is 0.461 e. The number of halogens is 3. The van der Waals surface area contributed by atoms with E-state index in [1.54, 1.807) is 11.4 Å². The normalized spacial score (nSPS) is 27.6. The third kappa shape index (κ3) is 5.38. The van der Waals surface area contributed by atoms with E-state index in [-0.39, 0.29) is 5.75 Å². The number of ether oxygens (including phenoxy) is 3. The van der Waals surface area contributed by atoms with Crippen molar-refractivity contribution in [2.24, 2.45) is 0 Å². The summed E-state index contributed by atoms with van der Waals surface area (Å²) in [6.45, 7) is -0.576. The highest BCUT2D eigenvalue weighted by atomic mass is 32.1. The molecule has 0 saturated carbocycles. The zero-order chi connectivity index (χ0) is 21.2. The predicted molar refractivity (Wildman–Crippen MR) is 94.6 cm³/mol. The van der Waals surface area contributed by atoms with Crippen molar-refractivity contribution in [1.29, 1.82) is 0 Å². The van der Waals surface area contributed by atoms with Crippen LogP contribution in [0.2, 0.25) is 0 Å². The van der Waals surface area contributed by atoms with Crippen molar-refractivity contribution in [3.63, 3.8) is 0 Å². The fourth-order valence-corrected chi connectivity index (χ4v) is 3.69. The maximum absolute atomic E-state index is 12.2. The van der Waals surface area contributed by atoms with Crippen LogP contribution in [0.25, 0.3) is 0 Å². The van der Waals surface area contributed by atoms with Gasteiger partial charge in [0.1, 0.15) is 35.9 Å². The van der Waals surface area contributed by atoms with Crippen LogP contribution in [0.5, 0.6) is 11.5 Å². The van der Waals surface area contributed by atoms with E-state index in [4.69, 9.17) is 9.47 Å². The van der Waals surface area contributed by atoms with E-state index in [0.717, 1.165) is 0 Å². The Morgan fingerprint density at radius 3 is 2.34 bits per heavy atom. The molecule has 2 heterocycles. The first-order valence-corrected chi connectivity index (χ1v) is 9.44. The lowest BCUT2D eigenvalue weighted by molar-refractivity contribution is -0.277. The number of aliphatic hydroxyl groups is 4. The van der Waals surface area contributed by atoms with E-state index in [1.165, 1.54) is 35.6 Å². The number of benzene rings is 1. The molecular weight excluding hydrogens is 419 g/mol. The molecule has 5 atom stereocenters. The van der Waals surface area contributed by atoms with Gasteiger partial charge in [-0.15, -0.1) is 24.5 Å². The molecule has 1 aliphatic rings. The van der Waals surface area contributed by atoms with Crippen LogP contribution in [0.15, 0.2) is 35.7 Å². The summed E-state index contributed by atoms with van der Waals surface area (Å²) in [5.41, 5.74) is 0.695. The Morgan fingerprint density at radius 1 is 1.03 bits per heavy atom. The fraction of sp³-hybridized carbons (Fsp3) is 0.444. The van der Waals surface area contributed by atoms with Crippen molar-refractivity contribution in [1.82, 2.24) is 0 Å². The third-order valence-corrected chi connectivity index (χ3v) is 5.22. The van der Waals surface area contributed by atoms with Crippen LogP contribution in [0.4, 0.5) is 13.2 Å². The second-order valence-corrected chi connectivity index (χ2v) is 7.39. The molecule has 0 amide bonds. The summed E-state index contributed by atoms with van der Waals surface area (Å²) < 4.78 is 51.5. The molecule has 29 heavy (non-hydrogen) atoms. The van der Waals surface area contributed by atoms with Crippen molar-refractivity contribution in [2.75, 3.05) is 6.61 Å². The Labute approximate surface area is 167 Å². The van der Waals surface area contributed by atoms with Crippen LogP contribution in [0.3, 0.4) is 0 Å². The van der Waals surface area contributed by atoms with Crippen molar-refractivity contribution in [3.8, 4) is 11.5 Å². The number of hydrogen-bond acceptors (Lipinski definition) is 8. The zero-order valence-electron chi connectivity index (χ0n) is 14.8. The minimum atomic E-state index is -4.76. The van der Waals surface area contributed by atoms with Gasteiger partial charge in [0, 0.05) is 6.42 Å². The fourth-order valence-electron chi connectivity index (χ4n) is 2.85. The lowest BCUT2D eigenvalue weighted by atomic mass is 9.99. The van der Waals surface area contributed by atoms with Crippen LogP contribution in [0.1, 0.15) is 10.4 Å². The van der Waals surface area contributed by atoms with Crippen LogP contribution < -0.4 is 9.47 Å². The first kappa shape index (κ1) is 21.8. The molecule has 1 saturated heterocycles. The number of rotatable bonds is 6. The summed E-state index contributed by atoms with van der Waals surface area (Å²) in [6, 6.07) is 6.99. The maximum atomic E-state index is 12.2. The molecule has 1 fully saturated rings. The standard InChI is InChI=1S/C18H19F3O7S/c19-18(20,21)28-10-3-1-9(2-4-10)7-13-11(5-6-29-13)26-17-16(25)15(24)14(23)12(8-22)27-17/h1-6,12,14-17,22-25H,7-8H2/t12-,14-,15+,16-,17-/m1/s1/i7+2. The van der Waals surface area contributed by atoms with Gasteiger partial charge in [-0.25, -0.2) is 0 Å². The highest BCUT2D eigenvalue weighted by Gasteiger charge is 2.44. The Hall–Kier alpha value is -1.89. The summed E-state index contributed by atoms with van der Waals surface area (Å²) >= 11 is 1.32. The molecule has 1 aromatic heterocycles. The summed E-state index contributed by atoms with van der Waals surface area (Å²) in [5, 5.41) is 40.7. The molecule has 1 aliphatic heterocycles. The third-order valence-electron chi connectivity index (χ3n) is 4.32. The molecule has 7 nitrogen and oxygen atoms in total. The topological polar surface area (TPSA) is 109 Å². The Kier molecular flexibility index (Phi) is 6.66. The molecule has 2 aromatic rings. The molecule has 160 valence electrons. The zero-order valence-corrected chi connectivity index (χ0v) is 15.6. The van der Waals surface area contributed by atoms with Gasteiger partial charge in [0.2, 0.25) is 6.29 Å². The summed E-state index contributed by atoms with van der Waals surface area (Å²) in [7, 11) is 0. The van der Waals surface area contributed by atoms with Gasteiger partial charge in [0.05, 0.1) is 11.5 Å². The predicted octanol–water partition coefficient (Wildman–Crippen LogP) is 1.42. The first-order valence-electron chi connectivity index (χ1n) is 8.56. The minimum Gasteiger partial charge on any atom is -0.461 e. The van der Waals surface area contributed by atoms with E-state index in [9.17, 15) is 33.6 Å². The molecule has 0 aliphatic carbocycles. The van der Waals surface area contributed by atoms with Gasteiger partial charge in [-0.1, -0.05) is 12.1 Å². The van der Waals surface area contributed by atoms with Crippen molar-refractivity contribution in [3.05, 3.63) is 46.2 Å². The average Bonchev–Trinajstić information content (AvgIpc) is 3.09. The van der Waals surface area contributed by atoms with Gasteiger partial charge in [0.15, 0.2) is 0 Å². The highest BCUT2D eigenvalue weighted by Crippen LogP contribution is 2.32. The van der Waals surface area contributed by atoms with Crippen molar-refractivity contribution >= 4 is 11.3 Å². The number of aliphatic hydroxyl groups excluding tert-OH is 4. The number of alkyl halides is 3. The summed E-state index contributed by atoms with van der Waals surface area (Å²) in [6.07, 6.45) is -11.4. The van der Waals surface area contributed by atoms with E-state index < -0.39 is 43.7 Å². The highest BCUT2D eigenvalue weighted by molar-refractivity contribution is 7.10. The maximum Gasteiger partial charge on any atom is 0.573 e. The molecule has 3 rings (SSSR count). The van der Waals surface area contributed by atoms with Gasteiger partial charge < -0.3 is 34.6 Å².